The van der Waals surface area contributed by atoms with E-state index < -0.39 is 11.8 Å². The van der Waals surface area contributed by atoms with Gasteiger partial charge in [0.15, 0.2) is 11.4 Å². The molecule has 0 unspecified atom stereocenters. The topological polar surface area (TPSA) is 108 Å². The molecule has 0 radical (unpaired) electrons. The number of benzene rings is 1. The van der Waals surface area contributed by atoms with Crippen LogP contribution in [0.1, 0.15) is 47.9 Å². The maximum atomic E-state index is 13.4. The van der Waals surface area contributed by atoms with E-state index in [2.05, 4.69) is 20.9 Å². The first kappa shape index (κ1) is 22.8. The summed E-state index contributed by atoms with van der Waals surface area (Å²) < 4.78 is 25.1. The largest absolute Gasteiger partial charge is 0.488 e. The number of dihydropyridines is 1. The second kappa shape index (κ2) is 9.02. The molecule has 1 N–H and O–H groups in total. The molecule has 180 valence electrons. The number of aromatic nitrogens is 1. The Labute approximate surface area is 202 Å². The van der Waals surface area contributed by atoms with Crippen LogP contribution in [0.5, 0.6) is 5.75 Å². The second-order valence-electron chi connectivity index (χ2n) is 9.15. The number of aromatic carboxylic acids is 1. The normalized spacial score (nSPS) is 18.6. The van der Waals surface area contributed by atoms with Gasteiger partial charge in [-0.2, -0.15) is 5.26 Å². The third kappa shape index (κ3) is 4.32. The summed E-state index contributed by atoms with van der Waals surface area (Å²) in [6.07, 6.45) is 4.15. The molecule has 2 aliphatic heterocycles. The van der Waals surface area contributed by atoms with Crippen molar-refractivity contribution in [3.05, 3.63) is 59.2 Å². The highest BCUT2D eigenvalue weighted by Gasteiger charge is 2.54. The zero-order valence-corrected chi connectivity index (χ0v) is 19.3. The van der Waals surface area contributed by atoms with Crippen molar-refractivity contribution in [2.24, 2.45) is 10.4 Å². The molecule has 0 amide bonds. The minimum atomic E-state index is -1.16. The Hall–Kier alpha value is -3.93. The molecule has 1 aliphatic carbocycles. The lowest BCUT2D eigenvalue weighted by atomic mass is 9.61. The van der Waals surface area contributed by atoms with Crippen molar-refractivity contribution >= 4 is 23.1 Å². The first-order valence-electron chi connectivity index (χ1n) is 11.6. The van der Waals surface area contributed by atoms with Gasteiger partial charge in [-0.25, -0.2) is 14.2 Å². The van der Waals surface area contributed by atoms with Crippen LogP contribution in [-0.4, -0.2) is 54.3 Å². The zero-order chi connectivity index (χ0) is 24.6. The van der Waals surface area contributed by atoms with Gasteiger partial charge in [0.1, 0.15) is 18.0 Å². The van der Waals surface area contributed by atoms with Crippen molar-refractivity contribution in [1.29, 1.82) is 5.26 Å². The Morgan fingerprint density at radius 3 is 2.83 bits per heavy atom. The summed E-state index contributed by atoms with van der Waals surface area (Å²) in [7, 11) is 0. The number of pyridine rings is 1. The molecule has 1 aromatic heterocycles. The molecule has 1 saturated carbocycles. The summed E-state index contributed by atoms with van der Waals surface area (Å²) >= 11 is 0. The lowest BCUT2D eigenvalue weighted by Gasteiger charge is -2.59. The average Bonchev–Trinajstić information content (AvgIpc) is 2.80. The molecular formula is C26H25FN4O4. The van der Waals surface area contributed by atoms with E-state index in [0.717, 1.165) is 38.0 Å². The number of carboxylic acid groups (broad SMARTS) is 1. The van der Waals surface area contributed by atoms with Gasteiger partial charge in [0.2, 0.25) is 5.90 Å². The number of nitriles is 1. The fourth-order valence-corrected chi connectivity index (χ4v) is 5.10. The summed E-state index contributed by atoms with van der Waals surface area (Å²) in [5, 5.41) is 19.1. The van der Waals surface area contributed by atoms with Crippen molar-refractivity contribution in [3.63, 3.8) is 0 Å². The number of anilines is 1. The lowest BCUT2D eigenvalue weighted by Crippen LogP contribution is -2.65. The number of halogens is 1. The summed E-state index contributed by atoms with van der Waals surface area (Å²) in [5.41, 5.74) is 2.19. The Bertz CT molecular complexity index is 1270. The van der Waals surface area contributed by atoms with Gasteiger partial charge in [-0.1, -0.05) is 6.08 Å². The summed E-state index contributed by atoms with van der Waals surface area (Å²) in [5.74, 6) is -0.855. The predicted octanol–water partition coefficient (Wildman–Crippen LogP) is 4.06. The van der Waals surface area contributed by atoms with E-state index in [4.69, 9.17) is 9.47 Å². The van der Waals surface area contributed by atoms with Gasteiger partial charge in [-0.05, 0) is 56.5 Å². The SMILES string of the molecule is CCOC1=NCCC=C1c1ccc(OC2CC3(C2)CN(c2ccc(F)cc2C#N)C3)c(C(=O)O)n1. The Kier molecular flexibility index (Phi) is 5.89. The highest BCUT2D eigenvalue weighted by atomic mass is 19.1. The highest BCUT2D eigenvalue weighted by molar-refractivity contribution is 6.19. The third-order valence-electron chi connectivity index (χ3n) is 6.67. The number of nitrogens with zero attached hydrogens (tertiary/aromatic N) is 4. The summed E-state index contributed by atoms with van der Waals surface area (Å²) in [4.78, 5) is 22.8. The minimum Gasteiger partial charge on any atom is -0.488 e. The first-order chi connectivity index (χ1) is 16.9. The lowest BCUT2D eigenvalue weighted by molar-refractivity contribution is -0.0346. The minimum absolute atomic E-state index is 0.0678. The van der Waals surface area contributed by atoms with Crippen LogP contribution in [0.2, 0.25) is 0 Å². The van der Waals surface area contributed by atoms with E-state index in [-0.39, 0.29) is 23.0 Å². The number of hydrogen-bond donors (Lipinski definition) is 1. The summed E-state index contributed by atoms with van der Waals surface area (Å²) in [6.45, 7) is 4.47. The molecule has 35 heavy (non-hydrogen) atoms. The molecule has 3 aliphatic rings. The molecule has 2 aromatic rings. The van der Waals surface area contributed by atoms with Gasteiger partial charge in [0, 0.05) is 25.0 Å². The van der Waals surface area contributed by atoms with Crippen molar-refractivity contribution in [3.8, 4) is 11.8 Å². The number of rotatable bonds is 6. The monoisotopic (exact) mass is 476 g/mol. The molecule has 5 rings (SSSR count). The van der Waals surface area contributed by atoms with E-state index in [1.165, 1.54) is 12.1 Å². The van der Waals surface area contributed by atoms with E-state index in [9.17, 15) is 19.6 Å². The van der Waals surface area contributed by atoms with Crippen molar-refractivity contribution in [2.75, 3.05) is 31.1 Å². The van der Waals surface area contributed by atoms with E-state index in [1.807, 2.05) is 13.0 Å². The fraction of sp³-hybridized carbons (Fsp3) is 0.385. The van der Waals surface area contributed by atoms with Crippen molar-refractivity contribution in [2.45, 2.75) is 32.3 Å². The standard InChI is InChI=1S/C26H25FN4O4/c1-2-34-24-19(4-3-9-29-24)20-6-8-22(23(30-20)25(32)33)35-18-11-26(12-18)14-31(15-26)21-7-5-17(27)10-16(21)13-28/h4-8,10,18H,2-3,9,11-12,14-15H2,1H3,(H,32,33). The number of aliphatic imine (C=N–C) groups is 1. The first-order valence-corrected chi connectivity index (χ1v) is 11.6. The zero-order valence-electron chi connectivity index (χ0n) is 19.3. The third-order valence-corrected chi connectivity index (χ3v) is 6.67. The van der Waals surface area contributed by atoms with Gasteiger partial charge < -0.3 is 19.5 Å². The predicted molar refractivity (Wildman–Crippen MR) is 127 cm³/mol. The van der Waals surface area contributed by atoms with Gasteiger partial charge in [0.05, 0.1) is 29.1 Å². The molecule has 1 spiro atoms. The molecule has 1 aromatic carbocycles. The van der Waals surface area contributed by atoms with Crippen molar-refractivity contribution < 1.29 is 23.8 Å². The molecule has 8 nitrogen and oxygen atoms in total. The van der Waals surface area contributed by atoms with Crippen LogP contribution in [0.15, 0.2) is 41.4 Å². The molecule has 9 heteroatoms. The summed E-state index contributed by atoms with van der Waals surface area (Å²) in [6, 6.07) is 9.71. The second-order valence-corrected chi connectivity index (χ2v) is 9.15. The maximum Gasteiger partial charge on any atom is 0.358 e. The number of hydrogen-bond acceptors (Lipinski definition) is 7. The smallest absolute Gasteiger partial charge is 0.358 e. The van der Waals surface area contributed by atoms with Crippen molar-refractivity contribution in [1.82, 2.24) is 4.98 Å². The van der Waals surface area contributed by atoms with Gasteiger partial charge in [0.25, 0.3) is 0 Å². The van der Waals surface area contributed by atoms with Crippen LogP contribution in [0.25, 0.3) is 5.57 Å². The van der Waals surface area contributed by atoms with Gasteiger partial charge in [-0.15, -0.1) is 0 Å². The fourth-order valence-electron chi connectivity index (χ4n) is 5.10. The number of carbonyl (C=O) groups is 1. The molecule has 2 fully saturated rings. The van der Waals surface area contributed by atoms with Crippen LogP contribution >= 0.6 is 0 Å². The average molecular weight is 477 g/mol. The van der Waals surface area contributed by atoms with Crippen LogP contribution < -0.4 is 9.64 Å². The van der Waals surface area contributed by atoms with Crippen LogP contribution in [-0.2, 0) is 4.74 Å². The van der Waals surface area contributed by atoms with E-state index >= 15 is 0 Å². The maximum absolute atomic E-state index is 13.4. The Morgan fingerprint density at radius 1 is 1.31 bits per heavy atom. The molecule has 3 heterocycles. The van der Waals surface area contributed by atoms with E-state index in [1.54, 1.807) is 18.2 Å². The highest BCUT2D eigenvalue weighted by Crippen LogP contribution is 2.51. The number of carboxylic acids is 1. The molecule has 0 atom stereocenters. The van der Waals surface area contributed by atoms with E-state index in [0.29, 0.717) is 35.9 Å². The molecule has 0 bridgehead atoms. The van der Waals surface area contributed by atoms with Crippen LogP contribution in [0.4, 0.5) is 10.1 Å². The Morgan fingerprint density at radius 2 is 2.11 bits per heavy atom. The molecule has 1 saturated heterocycles. The quantitative estimate of drug-likeness (QED) is 0.670. The van der Waals surface area contributed by atoms with Crippen LogP contribution in [0, 0.1) is 22.6 Å². The van der Waals surface area contributed by atoms with Gasteiger partial charge >= 0.3 is 5.97 Å². The van der Waals surface area contributed by atoms with Crippen LogP contribution in [0.3, 0.4) is 0 Å². The Balaban J connectivity index is 1.24. The number of ether oxygens (including phenoxy) is 2. The van der Waals surface area contributed by atoms with Gasteiger partial charge in [-0.3, -0.25) is 4.99 Å². The molecular weight excluding hydrogens is 451 g/mol.